The molecule has 21 heavy (non-hydrogen) atoms. The highest BCUT2D eigenvalue weighted by atomic mass is 35.5. The number of hydrogen-bond acceptors (Lipinski definition) is 2. The summed E-state index contributed by atoms with van der Waals surface area (Å²) in [4.78, 5) is 3.97. The van der Waals surface area contributed by atoms with Crippen LogP contribution in [0.2, 0.25) is 5.02 Å². The molecule has 0 aliphatic carbocycles. The molecule has 0 spiro atoms. The minimum absolute atomic E-state index is 0.540. The normalized spacial score (nSPS) is 9.48. The van der Waals surface area contributed by atoms with Crippen molar-refractivity contribution in [3.05, 3.63) is 63.7 Å². The van der Waals surface area contributed by atoms with E-state index in [9.17, 15) is 0 Å². The number of rotatable bonds is 2. The van der Waals surface area contributed by atoms with Crippen molar-refractivity contribution in [2.24, 2.45) is 4.99 Å². The Morgan fingerprint density at radius 1 is 1.10 bits per heavy atom. The summed E-state index contributed by atoms with van der Waals surface area (Å²) in [6.07, 6.45) is 1.03. The number of benzene rings is 2. The molecule has 0 N–H and O–H groups in total. The zero-order valence-corrected chi connectivity index (χ0v) is 13.5. The molecule has 0 radical (unpaired) electrons. The van der Waals surface area contributed by atoms with Crippen molar-refractivity contribution in [2.45, 2.75) is 20.3 Å². The van der Waals surface area contributed by atoms with Gasteiger partial charge in [0.15, 0.2) is 0 Å². The van der Waals surface area contributed by atoms with E-state index in [0.717, 1.165) is 23.1 Å². The number of hydrogen-bond donors (Lipinski definition) is 0. The molecular formula is C18H14ClNS. The summed E-state index contributed by atoms with van der Waals surface area (Å²) >= 11 is 10.8. The fraction of sp³-hybridized carbons (Fsp3) is 0.167. The summed E-state index contributed by atoms with van der Waals surface area (Å²) in [5.41, 5.74) is 4.75. The molecule has 2 aromatic rings. The lowest BCUT2D eigenvalue weighted by Gasteiger charge is -2.02. The number of aliphatic imine (C=N–C) groups is 1. The van der Waals surface area contributed by atoms with Crippen molar-refractivity contribution >= 4 is 34.7 Å². The van der Waals surface area contributed by atoms with Gasteiger partial charge in [-0.2, -0.15) is 4.99 Å². The van der Waals surface area contributed by atoms with Crippen LogP contribution in [-0.4, -0.2) is 5.16 Å². The number of halogens is 1. The Kier molecular flexibility index (Phi) is 5.31. The Morgan fingerprint density at radius 2 is 1.76 bits per heavy atom. The third kappa shape index (κ3) is 4.03. The first-order valence-corrected chi connectivity index (χ1v) is 7.41. The molecule has 0 atom stereocenters. The molecule has 1 nitrogen and oxygen atoms in total. The van der Waals surface area contributed by atoms with Crippen LogP contribution in [-0.2, 0) is 6.42 Å². The Labute approximate surface area is 135 Å². The molecule has 0 saturated carbocycles. The Hall–Kier alpha value is -1.91. The van der Waals surface area contributed by atoms with E-state index >= 15 is 0 Å². The molecular weight excluding hydrogens is 298 g/mol. The fourth-order valence-electron chi connectivity index (χ4n) is 1.96. The van der Waals surface area contributed by atoms with Gasteiger partial charge in [-0.25, -0.2) is 0 Å². The van der Waals surface area contributed by atoms with Gasteiger partial charge < -0.3 is 0 Å². The van der Waals surface area contributed by atoms with Crippen molar-refractivity contribution in [1.82, 2.24) is 0 Å². The van der Waals surface area contributed by atoms with Crippen molar-refractivity contribution in [2.75, 3.05) is 0 Å². The summed E-state index contributed by atoms with van der Waals surface area (Å²) in [6.45, 7) is 4.06. The van der Waals surface area contributed by atoms with Crippen LogP contribution < -0.4 is 0 Å². The van der Waals surface area contributed by atoms with Crippen LogP contribution in [0.15, 0.2) is 41.4 Å². The number of isothiocyanates is 1. The molecule has 0 fully saturated rings. The minimum atomic E-state index is 0.540. The summed E-state index contributed by atoms with van der Waals surface area (Å²) in [5.74, 6) is 6.27. The molecule has 0 unspecified atom stereocenters. The summed E-state index contributed by atoms with van der Waals surface area (Å²) in [7, 11) is 0. The van der Waals surface area contributed by atoms with Crippen LogP contribution in [0.5, 0.6) is 0 Å². The van der Waals surface area contributed by atoms with E-state index < -0.39 is 0 Å². The topological polar surface area (TPSA) is 12.4 Å². The van der Waals surface area contributed by atoms with Crippen molar-refractivity contribution in [3.63, 3.8) is 0 Å². The summed E-state index contributed by atoms with van der Waals surface area (Å²) < 4.78 is 0. The quantitative estimate of drug-likeness (QED) is 0.414. The lowest BCUT2D eigenvalue weighted by molar-refractivity contribution is 1.14. The van der Waals surface area contributed by atoms with Gasteiger partial charge in [0.2, 0.25) is 0 Å². The maximum atomic E-state index is 6.19. The van der Waals surface area contributed by atoms with Gasteiger partial charge in [0, 0.05) is 11.1 Å². The molecule has 0 bridgehead atoms. The van der Waals surface area contributed by atoms with Gasteiger partial charge in [-0.05, 0) is 61.0 Å². The van der Waals surface area contributed by atoms with Crippen LogP contribution in [0.1, 0.15) is 29.2 Å². The first kappa shape index (κ1) is 15.5. The monoisotopic (exact) mass is 311 g/mol. The maximum absolute atomic E-state index is 6.19. The molecule has 104 valence electrons. The van der Waals surface area contributed by atoms with E-state index in [1.807, 2.05) is 25.1 Å². The van der Waals surface area contributed by atoms with Gasteiger partial charge in [-0.15, -0.1) is 0 Å². The Morgan fingerprint density at radius 3 is 2.33 bits per heavy atom. The first-order chi connectivity index (χ1) is 10.1. The Balaban J connectivity index is 2.32. The van der Waals surface area contributed by atoms with E-state index in [1.165, 1.54) is 5.56 Å². The minimum Gasteiger partial charge on any atom is -0.193 e. The molecule has 0 saturated heterocycles. The number of aryl methyl sites for hydroxylation is 2. The molecule has 0 aromatic heterocycles. The van der Waals surface area contributed by atoms with Crippen LogP contribution in [0.4, 0.5) is 5.69 Å². The third-order valence-corrected chi connectivity index (χ3v) is 3.50. The van der Waals surface area contributed by atoms with Gasteiger partial charge >= 0.3 is 0 Å². The van der Waals surface area contributed by atoms with Crippen molar-refractivity contribution < 1.29 is 0 Å². The van der Waals surface area contributed by atoms with Crippen molar-refractivity contribution in [3.8, 4) is 11.8 Å². The highest BCUT2D eigenvalue weighted by molar-refractivity contribution is 7.78. The fourth-order valence-corrected chi connectivity index (χ4v) is 2.36. The van der Waals surface area contributed by atoms with Gasteiger partial charge in [0.1, 0.15) is 0 Å². The molecule has 0 heterocycles. The lowest BCUT2D eigenvalue weighted by Crippen LogP contribution is -1.83. The van der Waals surface area contributed by atoms with Crippen LogP contribution >= 0.6 is 23.8 Å². The third-order valence-electron chi connectivity index (χ3n) is 3.12. The largest absolute Gasteiger partial charge is 0.193 e. The predicted octanol–water partition coefficient (Wildman–Crippen LogP) is 5.34. The SMILES string of the molecule is CCc1ccc(C#Cc2cc(C)c(N=C=S)c(Cl)c2)cc1. The lowest BCUT2D eigenvalue weighted by atomic mass is 10.1. The van der Waals surface area contributed by atoms with Crippen LogP contribution in [0, 0.1) is 18.8 Å². The van der Waals surface area contributed by atoms with E-state index in [0.29, 0.717) is 10.7 Å². The molecule has 0 amide bonds. The summed E-state index contributed by atoms with van der Waals surface area (Å²) in [6, 6.07) is 12.0. The molecule has 0 aliphatic heterocycles. The van der Waals surface area contributed by atoms with Gasteiger partial charge in [0.25, 0.3) is 0 Å². The molecule has 0 aliphatic rings. The second-order valence-corrected chi connectivity index (χ2v) is 5.22. The predicted molar refractivity (Wildman–Crippen MR) is 92.7 cm³/mol. The smallest absolute Gasteiger partial charge is 0.0955 e. The van der Waals surface area contributed by atoms with Gasteiger partial charge in [0.05, 0.1) is 15.9 Å². The first-order valence-electron chi connectivity index (χ1n) is 6.63. The number of nitrogens with zero attached hydrogens (tertiary/aromatic N) is 1. The number of thiocarbonyl (C=S) groups is 1. The second-order valence-electron chi connectivity index (χ2n) is 4.63. The zero-order valence-electron chi connectivity index (χ0n) is 11.9. The van der Waals surface area contributed by atoms with E-state index in [4.69, 9.17) is 11.6 Å². The van der Waals surface area contributed by atoms with Gasteiger partial charge in [-0.3, -0.25) is 0 Å². The average Bonchev–Trinajstić information content (AvgIpc) is 2.49. The highest BCUT2D eigenvalue weighted by Gasteiger charge is 2.04. The van der Waals surface area contributed by atoms with Crippen LogP contribution in [0.25, 0.3) is 0 Å². The standard InChI is InChI=1S/C18H14ClNS/c1-3-14-4-6-15(7-5-14)8-9-16-10-13(2)18(20-12-21)17(19)11-16/h4-7,10-11H,3H2,1-2H3. The van der Waals surface area contributed by atoms with Gasteiger partial charge in [-0.1, -0.05) is 42.5 Å². The zero-order chi connectivity index (χ0) is 15.2. The molecule has 2 aromatic carbocycles. The second kappa shape index (κ2) is 7.20. The molecule has 3 heteroatoms. The van der Waals surface area contributed by atoms with Crippen LogP contribution in [0.3, 0.4) is 0 Å². The van der Waals surface area contributed by atoms with Crippen molar-refractivity contribution in [1.29, 1.82) is 0 Å². The summed E-state index contributed by atoms with van der Waals surface area (Å²) in [5, 5.41) is 2.88. The maximum Gasteiger partial charge on any atom is 0.0955 e. The highest BCUT2D eigenvalue weighted by Crippen LogP contribution is 2.29. The average molecular weight is 312 g/mol. The Bertz CT molecular complexity index is 737. The molecule has 2 rings (SSSR count). The van der Waals surface area contributed by atoms with E-state index in [2.05, 4.69) is 53.3 Å². The van der Waals surface area contributed by atoms with E-state index in [-0.39, 0.29) is 0 Å². The van der Waals surface area contributed by atoms with E-state index in [1.54, 1.807) is 6.07 Å².